The van der Waals surface area contributed by atoms with Gasteiger partial charge in [0.25, 0.3) is 0 Å². The van der Waals surface area contributed by atoms with Gasteiger partial charge < -0.3 is 10.3 Å². The summed E-state index contributed by atoms with van der Waals surface area (Å²) in [7, 11) is -2.87. The Morgan fingerprint density at radius 1 is 1.32 bits per heavy atom. The molecule has 3 rings (SSSR count). The minimum absolute atomic E-state index is 0.0189. The first kappa shape index (κ1) is 15.1. The molecule has 0 unspecified atom stereocenters. The lowest BCUT2D eigenvalue weighted by atomic mass is 10.1. The normalized spacial score (nSPS) is 20.3. The first-order valence-corrected chi connectivity index (χ1v) is 9.38. The Balaban J connectivity index is 1.48. The predicted octanol–water partition coefficient (Wildman–Crippen LogP) is 1.65. The summed E-state index contributed by atoms with van der Waals surface area (Å²) in [6, 6.07) is 8.02. The summed E-state index contributed by atoms with van der Waals surface area (Å²) in [5.74, 6) is 0.509. The molecule has 22 heavy (non-hydrogen) atoms. The highest BCUT2D eigenvalue weighted by Gasteiger charge is 2.27. The number of fused-ring (bicyclic) bond motifs is 1. The number of amides is 1. The molecule has 0 bridgehead atoms. The summed E-state index contributed by atoms with van der Waals surface area (Å²) in [6.45, 7) is 0.464. The van der Waals surface area contributed by atoms with E-state index in [2.05, 4.69) is 10.3 Å². The average molecular weight is 320 g/mol. The van der Waals surface area contributed by atoms with Gasteiger partial charge in [-0.3, -0.25) is 4.79 Å². The van der Waals surface area contributed by atoms with Crippen molar-refractivity contribution in [2.45, 2.75) is 19.3 Å². The summed E-state index contributed by atoms with van der Waals surface area (Å²) in [6.07, 6.45) is 3.70. The van der Waals surface area contributed by atoms with Crippen molar-refractivity contribution >= 4 is 26.6 Å². The molecule has 5 nitrogen and oxygen atoms in total. The molecule has 2 heterocycles. The van der Waals surface area contributed by atoms with Crippen LogP contribution in [0, 0.1) is 5.92 Å². The average Bonchev–Trinajstić information content (AvgIpc) is 3.06. The summed E-state index contributed by atoms with van der Waals surface area (Å²) >= 11 is 0. The molecule has 118 valence electrons. The number of hydrogen-bond donors (Lipinski definition) is 2. The van der Waals surface area contributed by atoms with Gasteiger partial charge in [0.1, 0.15) is 0 Å². The number of benzene rings is 1. The summed E-state index contributed by atoms with van der Waals surface area (Å²) in [5, 5.41) is 4.01. The Bertz CT molecular complexity index is 780. The van der Waals surface area contributed by atoms with Gasteiger partial charge in [-0.05, 0) is 30.4 Å². The molecule has 0 spiro atoms. The predicted molar refractivity (Wildman–Crippen MR) is 86.4 cm³/mol. The van der Waals surface area contributed by atoms with Gasteiger partial charge in [-0.2, -0.15) is 0 Å². The number of para-hydroxylation sites is 1. The van der Waals surface area contributed by atoms with E-state index >= 15 is 0 Å². The molecule has 1 aliphatic rings. The van der Waals surface area contributed by atoms with Gasteiger partial charge in [-0.15, -0.1) is 0 Å². The standard InChI is InChI=1S/C16H20N2O3S/c19-16(18-9-12-7-8-22(20,21)11-12)6-5-13-10-17-15-4-2-1-3-14(13)15/h1-4,10,12,17H,5-9,11H2,(H,18,19)/t12-/m1/s1. The van der Waals surface area contributed by atoms with E-state index in [0.29, 0.717) is 25.8 Å². The molecule has 1 aliphatic heterocycles. The molecule has 1 saturated heterocycles. The molecule has 1 amide bonds. The maximum Gasteiger partial charge on any atom is 0.220 e. The fraction of sp³-hybridized carbons (Fsp3) is 0.438. The van der Waals surface area contributed by atoms with Crippen LogP contribution in [-0.4, -0.2) is 37.4 Å². The molecular formula is C16H20N2O3S. The number of sulfone groups is 1. The number of nitrogens with one attached hydrogen (secondary N) is 2. The van der Waals surface area contributed by atoms with Crippen LogP contribution in [0.5, 0.6) is 0 Å². The third kappa shape index (κ3) is 3.50. The molecule has 2 N–H and O–H groups in total. The first-order valence-electron chi connectivity index (χ1n) is 7.55. The molecule has 1 fully saturated rings. The van der Waals surface area contributed by atoms with Crippen molar-refractivity contribution in [2.75, 3.05) is 18.1 Å². The van der Waals surface area contributed by atoms with Crippen molar-refractivity contribution in [3.05, 3.63) is 36.0 Å². The second-order valence-electron chi connectivity index (χ2n) is 5.93. The highest BCUT2D eigenvalue weighted by molar-refractivity contribution is 7.91. The van der Waals surface area contributed by atoms with Gasteiger partial charge in [0, 0.05) is 30.1 Å². The van der Waals surface area contributed by atoms with Crippen LogP contribution in [-0.2, 0) is 21.1 Å². The number of hydrogen-bond acceptors (Lipinski definition) is 3. The van der Waals surface area contributed by atoms with E-state index in [0.717, 1.165) is 16.5 Å². The highest BCUT2D eigenvalue weighted by atomic mass is 32.2. The molecule has 6 heteroatoms. The lowest BCUT2D eigenvalue weighted by Crippen LogP contribution is -2.29. The van der Waals surface area contributed by atoms with Crippen LogP contribution in [0.15, 0.2) is 30.5 Å². The Labute approximate surface area is 130 Å². The lowest BCUT2D eigenvalue weighted by Gasteiger charge is -2.09. The molecule has 0 radical (unpaired) electrons. The molecule has 1 aromatic heterocycles. The topological polar surface area (TPSA) is 79.0 Å². The second-order valence-corrected chi connectivity index (χ2v) is 8.16. The molecule has 1 aromatic carbocycles. The van der Waals surface area contributed by atoms with Crippen molar-refractivity contribution in [2.24, 2.45) is 5.92 Å². The Morgan fingerprint density at radius 2 is 2.14 bits per heavy atom. The molecule has 1 atom stereocenters. The number of aryl methyl sites for hydroxylation is 1. The second kappa shape index (κ2) is 6.12. The van der Waals surface area contributed by atoms with Crippen molar-refractivity contribution < 1.29 is 13.2 Å². The van der Waals surface area contributed by atoms with Crippen LogP contribution < -0.4 is 5.32 Å². The smallest absolute Gasteiger partial charge is 0.220 e. The van der Waals surface area contributed by atoms with Crippen LogP contribution in [0.3, 0.4) is 0 Å². The van der Waals surface area contributed by atoms with Gasteiger partial charge in [0.05, 0.1) is 11.5 Å². The summed E-state index contributed by atoms with van der Waals surface area (Å²) < 4.78 is 22.8. The van der Waals surface area contributed by atoms with Gasteiger partial charge in [0.2, 0.25) is 5.91 Å². The van der Waals surface area contributed by atoms with Crippen LogP contribution in [0.2, 0.25) is 0 Å². The zero-order valence-corrected chi connectivity index (χ0v) is 13.2. The van der Waals surface area contributed by atoms with E-state index in [-0.39, 0.29) is 23.3 Å². The van der Waals surface area contributed by atoms with E-state index in [9.17, 15) is 13.2 Å². The molecule has 0 saturated carbocycles. The van der Waals surface area contributed by atoms with E-state index in [1.807, 2.05) is 30.5 Å². The Morgan fingerprint density at radius 3 is 2.91 bits per heavy atom. The van der Waals surface area contributed by atoms with Gasteiger partial charge in [-0.1, -0.05) is 18.2 Å². The van der Waals surface area contributed by atoms with E-state index in [1.54, 1.807) is 0 Å². The maximum atomic E-state index is 11.9. The van der Waals surface area contributed by atoms with Crippen molar-refractivity contribution in [1.29, 1.82) is 0 Å². The maximum absolute atomic E-state index is 11.9. The fourth-order valence-electron chi connectivity index (χ4n) is 2.97. The molecular weight excluding hydrogens is 300 g/mol. The van der Waals surface area contributed by atoms with E-state index < -0.39 is 9.84 Å². The quantitative estimate of drug-likeness (QED) is 0.879. The number of carbonyl (C=O) groups excluding carboxylic acids is 1. The number of aromatic nitrogens is 1. The summed E-state index contributed by atoms with van der Waals surface area (Å²) in [4.78, 5) is 15.1. The van der Waals surface area contributed by atoms with Gasteiger partial charge >= 0.3 is 0 Å². The minimum atomic E-state index is -2.87. The van der Waals surface area contributed by atoms with E-state index in [4.69, 9.17) is 0 Å². The number of H-pyrrole nitrogens is 1. The van der Waals surface area contributed by atoms with Crippen molar-refractivity contribution in [3.63, 3.8) is 0 Å². The third-order valence-electron chi connectivity index (χ3n) is 4.21. The summed E-state index contributed by atoms with van der Waals surface area (Å²) in [5.41, 5.74) is 2.21. The fourth-order valence-corrected chi connectivity index (χ4v) is 4.83. The Hall–Kier alpha value is -1.82. The molecule has 0 aliphatic carbocycles. The van der Waals surface area contributed by atoms with Crippen LogP contribution >= 0.6 is 0 Å². The van der Waals surface area contributed by atoms with Crippen molar-refractivity contribution in [1.82, 2.24) is 10.3 Å². The largest absolute Gasteiger partial charge is 0.361 e. The minimum Gasteiger partial charge on any atom is -0.361 e. The number of carbonyl (C=O) groups is 1. The third-order valence-corrected chi connectivity index (χ3v) is 6.05. The first-order chi connectivity index (χ1) is 10.5. The monoisotopic (exact) mass is 320 g/mol. The van der Waals surface area contributed by atoms with Crippen LogP contribution in [0.25, 0.3) is 10.9 Å². The highest BCUT2D eigenvalue weighted by Crippen LogP contribution is 2.19. The number of rotatable bonds is 5. The van der Waals surface area contributed by atoms with Crippen molar-refractivity contribution in [3.8, 4) is 0 Å². The number of aromatic amines is 1. The van der Waals surface area contributed by atoms with E-state index in [1.165, 1.54) is 0 Å². The van der Waals surface area contributed by atoms with Crippen LogP contribution in [0.4, 0.5) is 0 Å². The van der Waals surface area contributed by atoms with Gasteiger partial charge in [0.15, 0.2) is 9.84 Å². The SMILES string of the molecule is O=C(CCc1c[nH]c2ccccc12)NC[C@H]1CCS(=O)(=O)C1. The van der Waals surface area contributed by atoms with Crippen LogP contribution in [0.1, 0.15) is 18.4 Å². The zero-order chi connectivity index (χ0) is 15.6. The molecule has 2 aromatic rings. The van der Waals surface area contributed by atoms with Gasteiger partial charge in [-0.25, -0.2) is 8.42 Å². The zero-order valence-electron chi connectivity index (χ0n) is 12.3. The lowest BCUT2D eigenvalue weighted by molar-refractivity contribution is -0.121. The Kier molecular flexibility index (Phi) is 4.20.